The Hall–Kier alpha value is -3.45. The number of nitrogens with zero attached hydrogens (tertiary/aromatic N) is 1. The van der Waals surface area contributed by atoms with Crippen molar-refractivity contribution in [1.82, 2.24) is 15.5 Å². The van der Waals surface area contributed by atoms with E-state index < -0.39 is 5.97 Å². The molecule has 0 spiro atoms. The van der Waals surface area contributed by atoms with Crippen molar-refractivity contribution in [1.29, 1.82) is 0 Å². The molecule has 2 amide bonds. The maximum Gasteiger partial charge on any atom is 0.330 e. The van der Waals surface area contributed by atoms with Gasteiger partial charge < -0.3 is 20.3 Å². The lowest BCUT2D eigenvalue weighted by Crippen LogP contribution is -2.37. The van der Waals surface area contributed by atoms with Crippen LogP contribution in [0, 0.1) is 0 Å². The lowest BCUT2D eigenvalue weighted by molar-refractivity contribution is -0.137. The van der Waals surface area contributed by atoms with Crippen LogP contribution in [0.1, 0.15) is 65.2 Å². The summed E-state index contributed by atoms with van der Waals surface area (Å²) in [4.78, 5) is 36.8. The summed E-state index contributed by atoms with van der Waals surface area (Å²) in [6, 6.07) is 0. The molecule has 0 bridgehead atoms. The second-order valence-electron chi connectivity index (χ2n) is 8.98. The molecule has 0 aromatic rings. The maximum absolute atomic E-state index is 12.0. The van der Waals surface area contributed by atoms with E-state index in [2.05, 4.69) is 84.4 Å². The normalized spacial score (nSPS) is 12.5. The number of carbonyl (C=O) groups excluding carboxylic acids is 3. The summed E-state index contributed by atoms with van der Waals surface area (Å²) < 4.78 is 4.72. The first-order valence-electron chi connectivity index (χ1n) is 14.5. The number of esters is 1. The molecule has 0 radical (unpaired) electrons. The number of ether oxygens (including phenoxy) is 1. The molecule has 0 heterocycles. The highest BCUT2D eigenvalue weighted by molar-refractivity contribution is 5.94. The van der Waals surface area contributed by atoms with Gasteiger partial charge in [-0.05, 0) is 58.9 Å². The number of amides is 2. The molecule has 0 aromatic heterocycles. The maximum atomic E-state index is 12.0. The first kappa shape index (κ1) is 36.5. The quantitative estimate of drug-likeness (QED) is 0.0956. The van der Waals surface area contributed by atoms with Crippen molar-refractivity contribution in [3.63, 3.8) is 0 Å². The third-order valence-corrected chi connectivity index (χ3v) is 5.40. The Morgan fingerprint density at radius 2 is 1.12 bits per heavy atom. The zero-order valence-electron chi connectivity index (χ0n) is 24.9. The Kier molecular flexibility index (Phi) is 26.1. The van der Waals surface area contributed by atoms with Crippen molar-refractivity contribution in [2.24, 2.45) is 0 Å². The first-order valence-corrected chi connectivity index (χ1v) is 14.5. The number of hydrogen-bond acceptors (Lipinski definition) is 5. The van der Waals surface area contributed by atoms with E-state index in [0.29, 0.717) is 32.6 Å². The van der Waals surface area contributed by atoms with Gasteiger partial charge in [0.2, 0.25) is 11.8 Å². The first-order chi connectivity index (χ1) is 19.5. The van der Waals surface area contributed by atoms with Gasteiger partial charge in [-0.2, -0.15) is 0 Å². The number of nitrogens with one attached hydrogen (secondary N) is 2. The van der Waals surface area contributed by atoms with Gasteiger partial charge in [0.05, 0.1) is 6.61 Å². The summed E-state index contributed by atoms with van der Waals surface area (Å²) in [5.41, 5.74) is 0. The molecule has 0 saturated heterocycles. The van der Waals surface area contributed by atoms with Gasteiger partial charge in [-0.15, -0.1) is 0 Å². The van der Waals surface area contributed by atoms with Gasteiger partial charge in [0, 0.05) is 44.8 Å². The summed E-state index contributed by atoms with van der Waals surface area (Å²) in [7, 11) is 1.92. The third-order valence-electron chi connectivity index (χ3n) is 5.40. The highest BCUT2D eigenvalue weighted by Gasteiger charge is 2.03. The molecular formula is C33H51N3O4. The van der Waals surface area contributed by atoms with Crippen LogP contribution in [0.2, 0.25) is 0 Å². The minimum Gasteiger partial charge on any atom is -0.463 e. The predicted octanol–water partition coefficient (Wildman–Crippen LogP) is 5.75. The molecule has 0 unspecified atom stereocenters. The molecule has 0 aliphatic heterocycles. The number of carbonyl (C=O) groups is 3. The minimum absolute atomic E-state index is 0.0327. The van der Waals surface area contributed by atoms with Gasteiger partial charge in [0.25, 0.3) is 0 Å². The summed E-state index contributed by atoms with van der Waals surface area (Å²) in [6.07, 6.45) is 35.3. The number of allylic oxidation sites excluding steroid dienone is 12. The van der Waals surface area contributed by atoms with Crippen molar-refractivity contribution in [2.45, 2.75) is 65.2 Å². The zero-order chi connectivity index (χ0) is 29.5. The molecule has 2 N–H and O–H groups in total. The van der Waals surface area contributed by atoms with E-state index in [1.807, 2.05) is 18.0 Å². The molecular weight excluding hydrogens is 502 g/mol. The van der Waals surface area contributed by atoms with E-state index in [1.165, 1.54) is 0 Å². The van der Waals surface area contributed by atoms with E-state index in [0.717, 1.165) is 57.1 Å². The van der Waals surface area contributed by atoms with E-state index in [-0.39, 0.29) is 18.4 Å². The number of rotatable bonds is 23. The molecule has 0 aliphatic rings. The largest absolute Gasteiger partial charge is 0.463 e. The molecule has 7 nitrogen and oxygen atoms in total. The Morgan fingerprint density at radius 1 is 0.650 bits per heavy atom. The Morgan fingerprint density at radius 3 is 1.62 bits per heavy atom. The van der Waals surface area contributed by atoms with E-state index in [9.17, 15) is 14.4 Å². The van der Waals surface area contributed by atoms with Crippen LogP contribution in [-0.4, -0.2) is 62.5 Å². The monoisotopic (exact) mass is 553 g/mol. The van der Waals surface area contributed by atoms with E-state index in [4.69, 9.17) is 4.74 Å². The summed E-state index contributed by atoms with van der Waals surface area (Å²) in [5.74, 6) is -0.846. The van der Waals surface area contributed by atoms with Crippen LogP contribution in [0.15, 0.2) is 85.1 Å². The van der Waals surface area contributed by atoms with Crippen LogP contribution in [0.5, 0.6) is 0 Å². The van der Waals surface area contributed by atoms with Gasteiger partial charge in [-0.1, -0.05) is 79.8 Å². The van der Waals surface area contributed by atoms with Crippen molar-refractivity contribution in [3.8, 4) is 0 Å². The topological polar surface area (TPSA) is 87.7 Å². The SMILES string of the molecule is CCC=CCC=CCC=CCC=CCC=CCC=CCCC(=O)NCCN(C)CCNC(=O)C=CC(=O)OCC. The van der Waals surface area contributed by atoms with Crippen LogP contribution in [0.25, 0.3) is 0 Å². The zero-order valence-corrected chi connectivity index (χ0v) is 24.9. The summed E-state index contributed by atoms with van der Waals surface area (Å²) >= 11 is 0. The van der Waals surface area contributed by atoms with Gasteiger partial charge in [0.15, 0.2) is 0 Å². The van der Waals surface area contributed by atoms with Gasteiger partial charge in [-0.25, -0.2) is 4.79 Å². The standard InChI is InChI=1S/C33H51N3O4/c1-4-6-7-8-9-10-11-12-13-14-15-16-17-18-19-20-21-22-23-24-31(37)34-27-29-36(3)30-28-35-32(38)25-26-33(39)40-5-2/h6-7,9-10,12-13,15-16,18-19,21-22,25-26H,4-5,8,11,14,17,20,23-24,27-30H2,1-3H3,(H,34,37)(H,35,38). The van der Waals surface area contributed by atoms with Crippen LogP contribution in [0.3, 0.4) is 0 Å². The second kappa shape index (κ2) is 28.6. The highest BCUT2D eigenvalue weighted by atomic mass is 16.5. The van der Waals surface area contributed by atoms with Crippen molar-refractivity contribution < 1.29 is 19.1 Å². The molecule has 0 aromatic carbocycles. The number of hydrogen-bond donors (Lipinski definition) is 2. The van der Waals surface area contributed by atoms with E-state index >= 15 is 0 Å². The van der Waals surface area contributed by atoms with Crippen LogP contribution in [0.4, 0.5) is 0 Å². The summed E-state index contributed by atoms with van der Waals surface area (Å²) in [5, 5.41) is 5.62. The molecule has 0 rings (SSSR count). The fourth-order valence-corrected chi connectivity index (χ4v) is 3.20. The van der Waals surface area contributed by atoms with Crippen molar-refractivity contribution in [2.75, 3.05) is 39.8 Å². The average Bonchev–Trinajstić information content (AvgIpc) is 2.93. The third kappa shape index (κ3) is 27.6. The molecule has 40 heavy (non-hydrogen) atoms. The molecule has 7 heteroatoms. The van der Waals surface area contributed by atoms with Crippen LogP contribution >= 0.6 is 0 Å². The number of likely N-dealkylation sites (N-methyl/N-ethyl adjacent to an activating group) is 1. The van der Waals surface area contributed by atoms with Gasteiger partial charge in [-0.3, -0.25) is 9.59 Å². The van der Waals surface area contributed by atoms with Crippen molar-refractivity contribution in [3.05, 3.63) is 85.1 Å². The van der Waals surface area contributed by atoms with Gasteiger partial charge >= 0.3 is 5.97 Å². The Balaban J connectivity index is 3.71. The Labute approximate surface area is 242 Å². The average molecular weight is 554 g/mol. The lowest BCUT2D eigenvalue weighted by atomic mass is 10.2. The fourth-order valence-electron chi connectivity index (χ4n) is 3.20. The smallest absolute Gasteiger partial charge is 0.330 e. The molecule has 0 atom stereocenters. The van der Waals surface area contributed by atoms with E-state index in [1.54, 1.807) is 6.92 Å². The summed E-state index contributed by atoms with van der Waals surface area (Å²) in [6.45, 7) is 6.43. The predicted molar refractivity (Wildman–Crippen MR) is 167 cm³/mol. The van der Waals surface area contributed by atoms with Crippen LogP contribution in [-0.2, 0) is 19.1 Å². The highest BCUT2D eigenvalue weighted by Crippen LogP contribution is 1.98. The van der Waals surface area contributed by atoms with Crippen molar-refractivity contribution >= 4 is 17.8 Å². The van der Waals surface area contributed by atoms with Gasteiger partial charge in [0.1, 0.15) is 0 Å². The Bertz CT molecular complexity index is 882. The molecule has 222 valence electrons. The molecule has 0 fully saturated rings. The molecule has 0 saturated carbocycles. The van der Waals surface area contributed by atoms with Crippen LogP contribution < -0.4 is 10.6 Å². The minimum atomic E-state index is -0.536. The molecule has 0 aliphatic carbocycles. The second-order valence-corrected chi connectivity index (χ2v) is 8.98. The fraction of sp³-hybridized carbons (Fsp3) is 0.485. The lowest BCUT2D eigenvalue weighted by Gasteiger charge is -2.16.